The molecule has 19 heavy (non-hydrogen) atoms. The Hall–Kier alpha value is -1.24. The molecule has 0 unspecified atom stereocenters. The number of halogens is 4. The number of amides is 1. The molecule has 0 radical (unpaired) electrons. The molecule has 1 amide bonds. The molecular formula is C12H13BrF3NO2. The summed E-state index contributed by atoms with van der Waals surface area (Å²) in [6.07, 6.45) is -5.30. The van der Waals surface area contributed by atoms with E-state index >= 15 is 0 Å². The largest absolute Gasteiger partial charge is 0.444 e. The quantitative estimate of drug-likeness (QED) is 0.796. The molecule has 0 bridgehead atoms. The van der Waals surface area contributed by atoms with Gasteiger partial charge in [0, 0.05) is 10.2 Å². The first-order valence-electron chi connectivity index (χ1n) is 5.36. The van der Waals surface area contributed by atoms with Crippen molar-refractivity contribution in [3.63, 3.8) is 0 Å². The molecule has 0 saturated heterocycles. The third-order valence-corrected chi connectivity index (χ3v) is 2.61. The number of ether oxygens (including phenoxy) is 1. The van der Waals surface area contributed by atoms with Crippen LogP contribution in [0.15, 0.2) is 22.7 Å². The van der Waals surface area contributed by atoms with Crippen molar-refractivity contribution < 1.29 is 22.7 Å². The molecule has 1 N–H and O–H groups in total. The van der Waals surface area contributed by atoms with E-state index in [-0.39, 0.29) is 10.2 Å². The molecule has 0 atom stereocenters. The normalized spacial score (nSPS) is 12.2. The first-order valence-corrected chi connectivity index (χ1v) is 6.15. The fourth-order valence-electron chi connectivity index (χ4n) is 1.24. The molecule has 106 valence electrons. The summed E-state index contributed by atoms with van der Waals surface area (Å²) in [5.74, 6) is 0. The summed E-state index contributed by atoms with van der Waals surface area (Å²) < 4.78 is 42.9. The Morgan fingerprint density at radius 3 is 2.32 bits per heavy atom. The van der Waals surface area contributed by atoms with Crippen LogP contribution in [0.1, 0.15) is 26.3 Å². The lowest BCUT2D eigenvalue weighted by atomic mass is 10.2. The number of alkyl halides is 3. The highest BCUT2D eigenvalue weighted by molar-refractivity contribution is 9.10. The van der Waals surface area contributed by atoms with Crippen molar-refractivity contribution in [1.82, 2.24) is 0 Å². The predicted octanol–water partition coefficient (Wildman–Crippen LogP) is 4.81. The second-order valence-electron chi connectivity index (χ2n) is 4.82. The van der Waals surface area contributed by atoms with E-state index in [0.29, 0.717) is 0 Å². The molecule has 0 spiro atoms. The first kappa shape index (κ1) is 15.8. The Morgan fingerprint density at radius 1 is 1.26 bits per heavy atom. The lowest BCUT2D eigenvalue weighted by Gasteiger charge is -2.20. The molecule has 0 heterocycles. The van der Waals surface area contributed by atoms with Crippen molar-refractivity contribution in [3.05, 3.63) is 28.2 Å². The number of hydrogen-bond acceptors (Lipinski definition) is 2. The topological polar surface area (TPSA) is 38.3 Å². The zero-order valence-corrected chi connectivity index (χ0v) is 12.1. The maximum atomic E-state index is 12.7. The number of hydrogen-bond donors (Lipinski definition) is 1. The van der Waals surface area contributed by atoms with Crippen LogP contribution < -0.4 is 5.32 Å². The van der Waals surface area contributed by atoms with Crippen LogP contribution in [0.25, 0.3) is 0 Å². The van der Waals surface area contributed by atoms with Crippen LogP contribution in [0.3, 0.4) is 0 Å². The summed E-state index contributed by atoms with van der Waals surface area (Å²) in [5, 5.41) is 2.26. The van der Waals surface area contributed by atoms with Gasteiger partial charge >= 0.3 is 12.3 Å². The van der Waals surface area contributed by atoms with E-state index in [1.807, 2.05) is 0 Å². The number of anilines is 1. The van der Waals surface area contributed by atoms with Gasteiger partial charge in [-0.2, -0.15) is 13.2 Å². The van der Waals surface area contributed by atoms with Crippen LogP contribution in [-0.2, 0) is 10.9 Å². The summed E-state index contributed by atoms with van der Waals surface area (Å²) in [6.45, 7) is 4.99. The third kappa shape index (κ3) is 5.10. The second-order valence-corrected chi connectivity index (χ2v) is 5.67. The van der Waals surface area contributed by atoms with Gasteiger partial charge in [0.1, 0.15) is 5.60 Å². The average Bonchev–Trinajstić information content (AvgIpc) is 2.16. The fourth-order valence-corrected chi connectivity index (χ4v) is 1.71. The van der Waals surface area contributed by atoms with E-state index in [1.54, 1.807) is 20.8 Å². The smallest absolute Gasteiger partial charge is 0.417 e. The van der Waals surface area contributed by atoms with Gasteiger partial charge in [-0.3, -0.25) is 5.32 Å². The van der Waals surface area contributed by atoms with Crippen molar-refractivity contribution in [3.8, 4) is 0 Å². The number of carbonyl (C=O) groups excluding carboxylic acids is 1. The Kier molecular flexibility index (Phi) is 4.50. The van der Waals surface area contributed by atoms with Crippen molar-refractivity contribution in [2.24, 2.45) is 0 Å². The highest BCUT2D eigenvalue weighted by atomic mass is 79.9. The maximum Gasteiger partial charge on any atom is 0.417 e. The molecule has 1 rings (SSSR count). The number of nitrogens with one attached hydrogen (secondary N) is 1. The van der Waals surface area contributed by atoms with Crippen molar-refractivity contribution in [2.75, 3.05) is 5.32 Å². The monoisotopic (exact) mass is 339 g/mol. The molecule has 7 heteroatoms. The molecule has 0 aliphatic heterocycles. The summed E-state index contributed by atoms with van der Waals surface area (Å²) in [7, 11) is 0. The summed E-state index contributed by atoms with van der Waals surface area (Å²) in [4.78, 5) is 11.4. The Morgan fingerprint density at radius 2 is 1.84 bits per heavy atom. The Bertz CT molecular complexity index is 481. The standard InChI is InChI=1S/C12H13BrF3NO2/c1-11(2,3)19-10(18)17-7-4-5-9(13)8(6-7)12(14,15)16/h4-6H,1-3H3,(H,17,18). The van der Waals surface area contributed by atoms with Crippen molar-refractivity contribution >= 4 is 27.7 Å². The van der Waals surface area contributed by atoms with Crippen LogP contribution in [0.5, 0.6) is 0 Å². The molecule has 3 nitrogen and oxygen atoms in total. The second kappa shape index (κ2) is 5.40. The third-order valence-electron chi connectivity index (χ3n) is 1.92. The van der Waals surface area contributed by atoms with Gasteiger partial charge in [-0.25, -0.2) is 4.79 Å². The number of benzene rings is 1. The van der Waals surface area contributed by atoms with Crippen molar-refractivity contribution in [1.29, 1.82) is 0 Å². The minimum Gasteiger partial charge on any atom is -0.444 e. The molecule has 0 aromatic heterocycles. The van der Waals surface area contributed by atoms with Gasteiger partial charge in [0.25, 0.3) is 0 Å². The number of rotatable bonds is 1. The lowest BCUT2D eigenvalue weighted by molar-refractivity contribution is -0.138. The van der Waals surface area contributed by atoms with Gasteiger partial charge in [0.2, 0.25) is 0 Å². The van der Waals surface area contributed by atoms with Crippen LogP contribution in [0.4, 0.5) is 23.7 Å². The van der Waals surface area contributed by atoms with Gasteiger partial charge in [-0.15, -0.1) is 0 Å². The van der Waals surface area contributed by atoms with Crippen LogP contribution in [0, 0.1) is 0 Å². The molecule has 0 saturated carbocycles. The van der Waals surface area contributed by atoms with E-state index in [2.05, 4.69) is 21.2 Å². The van der Waals surface area contributed by atoms with E-state index in [9.17, 15) is 18.0 Å². The summed E-state index contributed by atoms with van der Waals surface area (Å²) in [6, 6.07) is 3.41. The molecule has 1 aromatic rings. The van der Waals surface area contributed by atoms with Gasteiger partial charge in [-0.1, -0.05) is 15.9 Å². The maximum absolute atomic E-state index is 12.7. The molecule has 0 fully saturated rings. The van der Waals surface area contributed by atoms with Crippen LogP contribution in [0.2, 0.25) is 0 Å². The van der Waals surface area contributed by atoms with E-state index in [4.69, 9.17) is 4.74 Å². The summed E-state index contributed by atoms with van der Waals surface area (Å²) >= 11 is 2.82. The zero-order chi connectivity index (χ0) is 14.8. The van der Waals surface area contributed by atoms with Crippen LogP contribution >= 0.6 is 15.9 Å². The Balaban J connectivity index is 2.89. The number of carbonyl (C=O) groups is 1. The SMILES string of the molecule is CC(C)(C)OC(=O)Nc1ccc(Br)c(C(F)(F)F)c1. The highest BCUT2D eigenvalue weighted by Crippen LogP contribution is 2.36. The fraction of sp³-hybridized carbons (Fsp3) is 0.417. The van der Waals surface area contributed by atoms with Crippen molar-refractivity contribution in [2.45, 2.75) is 32.5 Å². The van der Waals surface area contributed by atoms with Gasteiger partial charge in [0.15, 0.2) is 0 Å². The average molecular weight is 340 g/mol. The molecular weight excluding hydrogens is 327 g/mol. The minimum absolute atomic E-state index is 0.0183. The Labute approximate surface area is 117 Å². The van der Waals surface area contributed by atoms with E-state index in [1.165, 1.54) is 12.1 Å². The van der Waals surface area contributed by atoms with Crippen LogP contribution in [-0.4, -0.2) is 11.7 Å². The van der Waals surface area contributed by atoms with Gasteiger partial charge < -0.3 is 4.74 Å². The van der Waals surface area contributed by atoms with E-state index < -0.39 is 23.4 Å². The minimum atomic E-state index is -4.50. The van der Waals surface area contributed by atoms with E-state index in [0.717, 1.165) is 6.07 Å². The lowest BCUT2D eigenvalue weighted by Crippen LogP contribution is -2.27. The molecule has 0 aliphatic rings. The summed E-state index contributed by atoms with van der Waals surface area (Å²) in [5.41, 5.74) is -1.56. The predicted molar refractivity (Wildman–Crippen MR) is 69.0 cm³/mol. The van der Waals surface area contributed by atoms with Gasteiger partial charge in [0.05, 0.1) is 5.56 Å². The van der Waals surface area contributed by atoms with Gasteiger partial charge in [-0.05, 0) is 39.0 Å². The zero-order valence-electron chi connectivity index (χ0n) is 10.6. The molecule has 1 aromatic carbocycles. The first-order chi connectivity index (χ1) is 8.49. The highest BCUT2D eigenvalue weighted by Gasteiger charge is 2.33. The molecule has 0 aliphatic carbocycles.